The van der Waals surface area contributed by atoms with Crippen molar-refractivity contribution in [3.05, 3.63) is 52.9 Å². The summed E-state index contributed by atoms with van der Waals surface area (Å²) in [5.41, 5.74) is 2.33. The molecule has 1 aromatic carbocycles. The summed E-state index contributed by atoms with van der Waals surface area (Å²) in [5.74, 6) is 0.696. The van der Waals surface area contributed by atoms with Gasteiger partial charge in [-0.2, -0.15) is 11.3 Å². The average molecular weight is 269 g/mol. The molecule has 0 radical (unpaired) electrons. The summed E-state index contributed by atoms with van der Waals surface area (Å²) in [5, 5.41) is 8.71. The van der Waals surface area contributed by atoms with Crippen molar-refractivity contribution in [1.82, 2.24) is 9.97 Å². The Morgan fingerprint density at radius 1 is 1.26 bits per heavy atom. The summed E-state index contributed by atoms with van der Waals surface area (Å²) < 4.78 is 0. The third kappa shape index (κ3) is 2.90. The van der Waals surface area contributed by atoms with Crippen LogP contribution in [0.5, 0.6) is 0 Å². The number of benzene rings is 1. The highest BCUT2D eigenvalue weighted by Crippen LogP contribution is 2.14. The average Bonchev–Trinajstić information content (AvgIpc) is 2.91. The third-order valence-corrected chi connectivity index (χ3v) is 3.72. The van der Waals surface area contributed by atoms with Crippen LogP contribution in [0.4, 0.5) is 5.95 Å². The Morgan fingerprint density at radius 3 is 3.00 bits per heavy atom. The van der Waals surface area contributed by atoms with Crippen LogP contribution in [-0.4, -0.2) is 16.0 Å². The number of para-hydroxylation sites is 1. The SMILES string of the molecule is CC(Cc1ccsc1)Nc1ncc2ccccc2n1. The molecule has 1 N–H and O–H groups in total. The maximum absolute atomic E-state index is 4.52. The largest absolute Gasteiger partial charge is 0.351 e. The number of fused-ring (bicyclic) bond motifs is 1. The highest BCUT2D eigenvalue weighted by molar-refractivity contribution is 7.07. The second-order valence-corrected chi connectivity index (χ2v) is 5.41. The lowest BCUT2D eigenvalue weighted by Gasteiger charge is -2.13. The van der Waals surface area contributed by atoms with Crippen molar-refractivity contribution in [3.8, 4) is 0 Å². The zero-order chi connectivity index (χ0) is 13.1. The highest BCUT2D eigenvalue weighted by Gasteiger charge is 2.06. The van der Waals surface area contributed by atoms with Crippen LogP contribution in [0.3, 0.4) is 0 Å². The normalized spacial score (nSPS) is 12.5. The van der Waals surface area contributed by atoms with Crippen molar-refractivity contribution in [2.24, 2.45) is 0 Å². The Balaban J connectivity index is 1.73. The van der Waals surface area contributed by atoms with Crippen LogP contribution < -0.4 is 5.32 Å². The second kappa shape index (κ2) is 5.36. The first-order valence-electron chi connectivity index (χ1n) is 6.30. The Hall–Kier alpha value is -1.94. The third-order valence-electron chi connectivity index (χ3n) is 2.99. The predicted molar refractivity (Wildman–Crippen MR) is 80.6 cm³/mol. The Kier molecular flexibility index (Phi) is 3.42. The van der Waals surface area contributed by atoms with Gasteiger partial charge in [0.05, 0.1) is 5.52 Å². The Bertz CT molecular complexity index is 664. The number of anilines is 1. The minimum atomic E-state index is 0.316. The number of thiophene rings is 1. The molecule has 0 saturated heterocycles. The highest BCUT2D eigenvalue weighted by atomic mass is 32.1. The van der Waals surface area contributed by atoms with E-state index in [0.29, 0.717) is 12.0 Å². The molecular weight excluding hydrogens is 254 g/mol. The van der Waals surface area contributed by atoms with E-state index in [1.54, 1.807) is 11.3 Å². The number of rotatable bonds is 4. The van der Waals surface area contributed by atoms with Crippen LogP contribution in [0.2, 0.25) is 0 Å². The number of hydrogen-bond donors (Lipinski definition) is 1. The zero-order valence-corrected chi connectivity index (χ0v) is 11.5. The van der Waals surface area contributed by atoms with Crippen molar-refractivity contribution >= 4 is 28.2 Å². The molecule has 2 heterocycles. The number of hydrogen-bond acceptors (Lipinski definition) is 4. The van der Waals surface area contributed by atoms with Gasteiger partial charge < -0.3 is 5.32 Å². The predicted octanol–water partition coefficient (Wildman–Crippen LogP) is 3.73. The van der Waals surface area contributed by atoms with E-state index in [4.69, 9.17) is 0 Å². The summed E-state index contributed by atoms with van der Waals surface area (Å²) in [4.78, 5) is 8.88. The first-order chi connectivity index (χ1) is 9.31. The molecule has 19 heavy (non-hydrogen) atoms. The van der Waals surface area contributed by atoms with E-state index in [-0.39, 0.29) is 0 Å². The molecule has 0 aliphatic carbocycles. The van der Waals surface area contributed by atoms with Gasteiger partial charge in [-0.1, -0.05) is 18.2 Å². The molecule has 0 aliphatic heterocycles. The maximum Gasteiger partial charge on any atom is 0.223 e. The molecule has 96 valence electrons. The molecule has 0 aliphatic rings. The molecule has 0 spiro atoms. The lowest BCUT2D eigenvalue weighted by Crippen LogP contribution is -2.19. The molecular formula is C15H15N3S. The van der Waals surface area contributed by atoms with E-state index >= 15 is 0 Å². The number of nitrogens with one attached hydrogen (secondary N) is 1. The van der Waals surface area contributed by atoms with Crippen LogP contribution in [0.15, 0.2) is 47.3 Å². The molecule has 3 nitrogen and oxygen atoms in total. The molecule has 3 rings (SSSR count). The maximum atomic E-state index is 4.52. The van der Waals surface area contributed by atoms with Gasteiger partial charge in [-0.05, 0) is 41.8 Å². The quantitative estimate of drug-likeness (QED) is 0.784. The van der Waals surface area contributed by atoms with Crippen LogP contribution >= 0.6 is 11.3 Å². The van der Waals surface area contributed by atoms with Crippen LogP contribution in [0, 0.1) is 0 Å². The van der Waals surface area contributed by atoms with Crippen LogP contribution in [0.25, 0.3) is 10.9 Å². The van der Waals surface area contributed by atoms with Gasteiger partial charge in [0.15, 0.2) is 0 Å². The van der Waals surface area contributed by atoms with Crippen LogP contribution in [-0.2, 0) is 6.42 Å². The van der Waals surface area contributed by atoms with Crippen molar-refractivity contribution in [2.75, 3.05) is 5.32 Å². The van der Waals surface area contributed by atoms with E-state index in [1.807, 2.05) is 30.5 Å². The Labute approximate surface area is 116 Å². The van der Waals surface area contributed by atoms with E-state index in [2.05, 4.69) is 39.0 Å². The van der Waals surface area contributed by atoms with Gasteiger partial charge in [-0.3, -0.25) is 0 Å². The van der Waals surface area contributed by atoms with Crippen molar-refractivity contribution in [1.29, 1.82) is 0 Å². The van der Waals surface area contributed by atoms with Gasteiger partial charge in [0.1, 0.15) is 0 Å². The van der Waals surface area contributed by atoms with Gasteiger partial charge >= 0.3 is 0 Å². The van der Waals surface area contributed by atoms with E-state index < -0.39 is 0 Å². The summed E-state index contributed by atoms with van der Waals surface area (Å²) in [7, 11) is 0. The first kappa shape index (κ1) is 12.1. The smallest absolute Gasteiger partial charge is 0.223 e. The van der Waals surface area contributed by atoms with Gasteiger partial charge in [0.2, 0.25) is 5.95 Å². The van der Waals surface area contributed by atoms with Gasteiger partial charge in [0.25, 0.3) is 0 Å². The van der Waals surface area contributed by atoms with Gasteiger partial charge in [-0.25, -0.2) is 9.97 Å². The molecule has 0 bridgehead atoms. The molecule has 1 atom stereocenters. The number of nitrogens with zero attached hydrogens (tertiary/aromatic N) is 2. The van der Waals surface area contributed by atoms with Crippen molar-refractivity contribution in [3.63, 3.8) is 0 Å². The van der Waals surface area contributed by atoms with Crippen LogP contribution in [0.1, 0.15) is 12.5 Å². The molecule has 0 amide bonds. The molecule has 0 saturated carbocycles. The molecule has 2 aromatic heterocycles. The van der Waals surface area contributed by atoms with Gasteiger partial charge in [-0.15, -0.1) is 0 Å². The first-order valence-corrected chi connectivity index (χ1v) is 7.25. The lowest BCUT2D eigenvalue weighted by molar-refractivity contribution is 0.781. The van der Waals surface area contributed by atoms with Gasteiger partial charge in [0, 0.05) is 17.6 Å². The fourth-order valence-corrected chi connectivity index (χ4v) is 2.76. The zero-order valence-electron chi connectivity index (χ0n) is 10.7. The molecule has 0 fully saturated rings. The minimum Gasteiger partial charge on any atom is -0.351 e. The van der Waals surface area contributed by atoms with Crippen molar-refractivity contribution in [2.45, 2.75) is 19.4 Å². The summed E-state index contributed by atoms with van der Waals surface area (Å²) in [6.45, 7) is 2.15. The standard InChI is InChI=1S/C15H15N3S/c1-11(8-12-6-7-19-10-12)17-15-16-9-13-4-2-3-5-14(13)18-15/h2-7,9-11H,8H2,1H3,(H,16,17,18). The van der Waals surface area contributed by atoms with E-state index in [9.17, 15) is 0 Å². The Morgan fingerprint density at radius 2 is 2.16 bits per heavy atom. The molecule has 1 unspecified atom stereocenters. The van der Waals surface area contributed by atoms with E-state index in [0.717, 1.165) is 17.3 Å². The topological polar surface area (TPSA) is 37.8 Å². The second-order valence-electron chi connectivity index (χ2n) is 4.63. The molecule has 3 aromatic rings. The number of aromatic nitrogens is 2. The fourth-order valence-electron chi connectivity index (χ4n) is 2.08. The van der Waals surface area contributed by atoms with Crippen molar-refractivity contribution < 1.29 is 0 Å². The minimum absolute atomic E-state index is 0.316. The summed E-state index contributed by atoms with van der Waals surface area (Å²) in [6.07, 6.45) is 2.85. The van der Waals surface area contributed by atoms with E-state index in [1.165, 1.54) is 5.56 Å². The lowest BCUT2D eigenvalue weighted by atomic mass is 10.1. The fraction of sp³-hybridized carbons (Fsp3) is 0.200. The summed E-state index contributed by atoms with van der Waals surface area (Å²) in [6, 6.07) is 10.5. The molecule has 4 heteroatoms. The summed E-state index contributed by atoms with van der Waals surface area (Å²) >= 11 is 1.73. The monoisotopic (exact) mass is 269 g/mol.